The summed E-state index contributed by atoms with van der Waals surface area (Å²) >= 11 is 0. The fraction of sp³-hybridized carbons (Fsp3) is 0.533. The molecule has 2 N–H and O–H groups in total. The average Bonchev–Trinajstić information content (AvgIpc) is 2.77. The fourth-order valence-corrected chi connectivity index (χ4v) is 3.56. The SMILES string of the molecule is I.NC(=NCCS(=O)(=O)c1ccccc1)N1CCCCCC1. The molecule has 0 aromatic heterocycles. The molecule has 1 fully saturated rings. The van der Waals surface area contributed by atoms with Gasteiger partial charge < -0.3 is 10.6 Å². The molecule has 0 atom stereocenters. The zero-order chi connectivity index (χ0) is 15.1. The van der Waals surface area contributed by atoms with E-state index in [-0.39, 0.29) is 36.3 Å². The van der Waals surface area contributed by atoms with Gasteiger partial charge in [0.25, 0.3) is 0 Å². The number of hydrogen-bond acceptors (Lipinski definition) is 3. The third-order valence-corrected chi connectivity index (χ3v) is 5.38. The van der Waals surface area contributed by atoms with E-state index in [0.717, 1.165) is 25.9 Å². The van der Waals surface area contributed by atoms with Crippen LogP contribution in [0.2, 0.25) is 0 Å². The molecule has 0 saturated carbocycles. The molecule has 1 saturated heterocycles. The quantitative estimate of drug-likeness (QED) is 0.446. The van der Waals surface area contributed by atoms with Crippen molar-refractivity contribution in [3.8, 4) is 0 Å². The molecule has 0 radical (unpaired) electrons. The summed E-state index contributed by atoms with van der Waals surface area (Å²) in [6.45, 7) is 2.04. The molecule has 124 valence electrons. The van der Waals surface area contributed by atoms with Gasteiger partial charge >= 0.3 is 0 Å². The van der Waals surface area contributed by atoms with Gasteiger partial charge in [0.2, 0.25) is 0 Å². The third-order valence-electron chi connectivity index (χ3n) is 3.67. The Labute approximate surface area is 149 Å². The van der Waals surface area contributed by atoms with E-state index in [4.69, 9.17) is 5.73 Å². The van der Waals surface area contributed by atoms with Gasteiger partial charge in [-0.3, -0.25) is 4.99 Å². The van der Waals surface area contributed by atoms with Crippen molar-refractivity contribution in [2.24, 2.45) is 10.7 Å². The van der Waals surface area contributed by atoms with Crippen molar-refractivity contribution in [3.63, 3.8) is 0 Å². The first-order chi connectivity index (χ1) is 10.1. The standard InChI is InChI=1S/C15H23N3O2S.HI/c16-15(18-11-6-1-2-7-12-18)17-10-13-21(19,20)14-8-4-3-5-9-14;/h3-5,8-9H,1-2,6-7,10-13H2,(H2,16,17);1H. The first-order valence-corrected chi connectivity index (χ1v) is 9.07. The molecule has 7 heteroatoms. The Morgan fingerprint density at radius 3 is 2.27 bits per heavy atom. The molecule has 1 aliphatic heterocycles. The zero-order valence-electron chi connectivity index (χ0n) is 12.6. The summed E-state index contributed by atoms with van der Waals surface area (Å²) in [6, 6.07) is 8.46. The van der Waals surface area contributed by atoms with Gasteiger partial charge in [0.1, 0.15) is 0 Å². The second-order valence-corrected chi connectivity index (χ2v) is 7.38. The number of halogens is 1. The number of nitrogens with two attached hydrogens (primary N) is 1. The molecule has 0 amide bonds. The van der Waals surface area contributed by atoms with Crippen LogP contribution in [0, 0.1) is 0 Å². The molecule has 1 aromatic rings. The summed E-state index contributed by atoms with van der Waals surface area (Å²) in [5, 5.41) is 0. The highest BCUT2D eigenvalue weighted by molar-refractivity contribution is 14.0. The van der Waals surface area contributed by atoms with Gasteiger partial charge in [0.05, 0.1) is 17.2 Å². The van der Waals surface area contributed by atoms with E-state index >= 15 is 0 Å². The molecule has 0 bridgehead atoms. The van der Waals surface area contributed by atoms with E-state index in [2.05, 4.69) is 9.89 Å². The van der Waals surface area contributed by atoms with Gasteiger partial charge in [-0.05, 0) is 25.0 Å². The number of guanidine groups is 1. The molecule has 22 heavy (non-hydrogen) atoms. The van der Waals surface area contributed by atoms with Crippen LogP contribution in [0.4, 0.5) is 0 Å². The van der Waals surface area contributed by atoms with Gasteiger partial charge in [0, 0.05) is 13.1 Å². The van der Waals surface area contributed by atoms with Crippen LogP contribution in [-0.4, -0.2) is 44.7 Å². The maximum absolute atomic E-state index is 12.1. The summed E-state index contributed by atoms with van der Waals surface area (Å²) in [6.07, 6.45) is 4.70. The molecule has 0 spiro atoms. The van der Waals surface area contributed by atoms with Crippen LogP contribution in [-0.2, 0) is 9.84 Å². The Morgan fingerprint density at radius 1 is 1.09 bits per heavy atom. The Morgan fingerprint density at radius 2 is 1.68 bits per heavy atom. The molecule has 2 rings (SSSR count). The second-order valence-electron chi connectivity index (χ2n) is 5.27. The number of hydrogen-bond donors (Lipinski definition) is 1. The smallest absolute Gasteiger partial charge is 0.191 e. The van der Waals surface area contributed by atoms with E-state index in [0.29, 0.717) is 10.9 Å². The largest absolute Gasteiger partial charge is 0.370 e. The summed E-state index contributed by atoms with van der Waals surface area (Å²) < 4.78 is 24.2. The van der Waals surface area contributed by atoms with Gasteiger partial charge in [-0.15, -0.1) is 24.0 Å². The molecule has 1 heterocycles. The van der Waals surface area contributed by atoms with Gasteiger partial charge in [0.15, 0.2) is 15.8 Å². The molecule has 1 aliphatic rings. The Bertz CT molecular complexity index is 568. The third kappa shape index (κ3) is 5.75. The minimum atomic E-state index is -3.28. The number of likely N-dealkylation sites (tertiary alicyclic amines) is 1. The predicted molar refractivity (Wildman–Crippen MR) is 100 cm³/mol. The van der Waals surface area contributed by atoms with Crippen molar-refractivity contribution in [2.45, 2.75) is 30.6 Å². The van der Waals surface area contributed by atoms with E-state index in [1.807, 2.05) is 0 Å². The Hall–Kier alpha value is -0.830. The fourth-order valence-electron chi connectivity index (χ4n) is 2.43. The van der Waals surface area contributed by atoms with Crippen LogP contribution in [0.15, 0.2) is 40.2 Å². The minimum absolute atomic E-state index is 0. The minimum Gasteiger partial charge on any atom is -0.370 e. The van der Waals surface area contributed by atoms with Crippen LogP contribution >= 0.6 is 24.0 Å². The normalized spacial score (nSPS) is 16.7. The van der Waals surface area contributed by atoms with Crippen LogP contribution in [0.3, 0.4) is 0 Å². The lowest BCUT2D eigenvalue weighted by molar-refractivity contribution is 0.429. The van der Waals surface area contributed by atoms with Crippen molar-refractivity contribution in [1.29, 1.82) is 0 Å². The molecule has 0 unspecified atom stereocenters. The first-order valence-electron chi connectivity index (χ1n) is 7.42. The van der Waals surface area contributed by atoms with E-state index in [1.165, 1.54) is 12.8 Å². The number of aliphatic imine (C=N–C) groups is 1. The van der Waals surface area contributed by atoms with Crippen LogP contribution in [0.25, 0.3) is 0 Å². The topological polar surface area (TPSA) is 75.8 Å². The number of sulfone groups is 1. The summed E-state index contributed by atoms with van der Waals surface area (Å²) in [5.74, 6) is 0.464. The van der Waals surface area contributed by atoms with Gasteiger partial charge in [-0.2, -0.15) is 0 Å². The lowest BCUT2D eigenvalue weighted by Crippen LogP contribution is -2.38. The lowest BCUT2D eigenvalue weighted by atomic mass is 10.2. The monoisotopic (exact) mass is 437 g/mol. The highest BCUT2D eigenvalue weighted by atomic mass is 127. The van der Waals surface area contributed by atoms with Crippen molar-refractivity contribution in [3.05, 3.63) is 30.3 Å². The van der Waals surface area contributed by atoms with Crippen molar-refractivity contribution in [1.82, 2.24) is 4.90 Å². The molecular weight excluding hydrogens is 413 g/mol. The maximum Gasteiger partial charge on any atom is 0.191 e. The second kappa shape index (κ2) is 9.34. The predicted octanol–water partition coefficient (Wildman–Crippen LogP) is 2.27. The number of rotatable bonds is 4. The Kier molecular flexibility index (Phi) is 8.16. The summed E-state index contributed by atoms with van der Waals surface area (Å²) in [4.78, 5) is 6.64. The van der Waals surface area contributed by atoms with Gasteiger partial charge in [-0.1, -0.05) is 31.0 Å². The van der Waals surface area contributed by atoms with Crippen LogP contribution in [0.1, 0.15) is 25.7 Å². The first kappa shape index (κ1) is 19.2. The highest BCUT2D eigenvalue weighted by Crippen LogP contribution is 2.11. The van der Waals surface area contributed by atoms with Crippen molar-refractivity contribution in [2.75, 3.05) is 25.4 Å². The summed E-state index contributed by atoms with van der Waals surface area (Å²) in [5.41, 5.74) is 5.97. The van der Waals surface area contributed by atoms with Crippen LogP contribution in [0.5, 0.6) is 0 Å². The van der Waals surface area contributed by atoms with E-state index in [1.54, 1.807) is 30.3 Å². The van der Waals surface area contributed by atoms with E-state index < -0.39 is 9.84 Å². The van der Waals surface area contributed by atoms with E-state index in [9.17, 15) is 8.42 Å². The van der Waals surface area contributed by atoms with Gasteiger partial charge in [-0.25, -0.2) is 8.42 Å². The van der Waals surface area contributed by atoms with Crippen molar-refractivity contribution < 1.29 is 8.42 Å². The molecule has 5 nitrogen and oxygen atoms in total. The number of nitrogens with zero attached hydrogens (tertiary/aromatic N) is 2. The Balaban J connectivity index is 0.00000242. The number of benzene rings is 1. The lowest BCUT2D eigenvalue weighted by Gasteiger charge is -2.21. The molecular formula is C15H24IN3O2S. The van der Waals surface area contributed by atoms with Crippen molar-refractivity contribution >= 4 is 39.8 Å². The molecule has 1 aromatic carbocycles. The highest BCUT2D eigenvalue weighted by Gasteiger charge is 2.14. The maximum atomic E-state index is 12.1. The average molecular weight is 437 g/mol. The van der Waals surface area contributed by atoms with Crippen LogP contribution < -0.4 is 5.73 Å². The zero-order valence-corrected chi connectivity index (χ0v) is 15.8. The molecule has 0 aliphatic carbocycles. The summed E-state index contributed by atoms with van der Waals surface area (Å²) in [7, 11) is -3.28.